The Balaban J connectivity index is 2.19. The van der Waals surface area contributed by atoms with Crippen LogP contribution in [0.2, 0.25) is 0 Å². The Bertz CT molecular complexity index is 216. The van der Waals surface area contributed by atoms with Crippen LogP contribution in [0.3, 0.4) is 0 Å². The van der Waals surface area contributed by atoms with Crippen molar-refractivity contribution in [2.75, 3.05) is 6.54 Å². The number of aliphatic hydroxyl groups excluding tert-OH is 1. The third-order valence-electron chi connectivity index (χ3n) is 2.00. The average molecular weight is 155 g/mol. The van der Waals surface area contributed by atoms with E-state index in [0.717, 1.165) is 0 Å². The molecular formula is C6H9N3O2. The minimum atomic E-state index is -0.393. The lowest BCUT2D eigenvalue weighted by Crippen LogP contribution is -2.45. The van der Waals surface area contributed by atoms with Gasteiger partial charge in [-0.25, -0.2) is 5.43 Å². The van der Waals surface area contributed by atoms with E-state index < -0.39 is 6.10 Å². The fourth-order valence-electron chi connectivity index (χ4n) is 1.46. The maximum Gasteiger partial charge on any atom is 0.262 e. The second-order valence-electron chi connectivity index (χ2n) is 2.82. The molecule has 0 radical (unpaired) electrons. The van der Waals surface area contributed by atoms with E-state index in [2.05, 4.69) is 10.5 Å². The molecule has 2 N–H and O–H groups in total. The van der Waals surface area contributed by atoms with Crippen LogP contribution >= 0.6 is 0 Å². The number of nitrogens with one attached hydrogen (secondary N) is 1. The number of hydrogen-bond acceptors (Lipinski definition) is 4. The number of carbonyl (C=O) groups is 1. The minimum absolute atomic E-state index is 0.121. The molecular weight excluding hydrogens is 146 g/mol. The van der Waals surface area contributed by atoms with Gasteiger partial charge in [0.05, 0.1) is 6.10 Å². The van der Waals surface area contributed by atoms with Gasteiger partial charge in [-0.2, -0.15) is 5.10 Å². The highest BCUT2D eigenvalue weighted by atomic mass is 16.3. The van der Waals surface area contributed by atoms with Gasteiger partial charge in [-0.1, -0.05) is 0 Å². The molecule has 2 heterocycles. The van der Waals surface area contributed by atoms with E-state index in [1.54, 1.807) is 11.2 Å². The van der Waals surface area contributed by atoms with Crippen molar-refractivity contribution in [3.8, 4) is 0 Å². The number of rotatable bonds is 0. The highest BCUT2D eigenvalue weighted by molar-refractivity contribution is 5.87. The molecule has 0 saturated carbocycles. The SMILES string of the molecule is O=C1NN=CN2CC(O)CC12. The molecule has 0 bridgehead atoms. The van der Waals surface area contributed by atoms with Gasteiger partial charge in [0.1, 0.15) is 12.4 Å². The maximum atomic E-state index is 11.0. The average Bonchev–Trinajstić information content (AvgIpc) is 2.31. The first-order valence-corrected chi connectivity index (χ1v) is 3.54. The Morgan fingerprint density at radius 3 is 3.36 bits per heavy atom. The zero-order valence-corrected chi connectivity index (χ0v) is 5.90. The number of carbonyl (C=O) groups excluding carboxylic acids is 1. The molecule has 11 heavy (non-hydrogen) atoms. The molecule has 1 amide bonds. The lowest BCUT2D eigenvalue weighted by molar-refractivity contribution is -0.125. The zero-order chi connectivity index (χ0) is 7.84. The van der Waals surface area contributed by atoms with E-state index >= 15 is 0 Å². The monoisotopic (exact) mass is 155 g/mol. The number of amides is 1. The summed E-state index contributed by atoms with van der Waals surface area (Å²) in [6, 6.07) is -0.206. The predicted octanol–water partition coefficient (Wildman–Crippen LogP) is -1.51. The third kappa shape index (κ3) is 0.970. The first kappa shape index (κ1) is 6.60. The molecule has 2 unspecified atom stereocenters. The largest absolute Gasteiger partial charge is 0.391 e. The third-order valence-corrected chi connectivity index (χ3v) is 2.00. The number of hydrogen-bond donors (Lipinski definition) is 2. The number of hydrazone groups is 1. The van der Waals surface area contributed by atoms with Crippen LogP contribution in [0.15, 0.2) is 5.10 Å². The Labute approximate surface area is 63.7 Å². The van der Waals surface area contributed by atoms with E-state index in [1.165, 1.54) is 0 Å². The van der Waals surface area contributed by atoms with Gasteiger partial charge < -0.3 is 10.0 Å². The van der Waals surface area contributed by atoms with E-state index in [-0.39, 0.29) is 11.9 Å². The molecule has 5 heteroatoms. The standard InChI is InChI=1S/C6H9N3O2/c10-4-1-5-6(11)8-7-3-9(5)2-4/h3-5,10H,1-2H2,(H,8,11). The molecule has 0 aliphatic carbocycles. The van der Waals surface area contributed by atoms with Gasteiger partial charge in [0, 0.05) is 13.0 Å². The van der Waals surface area contributed by atoms with Crippen LogP contribution < -0.4 is 5.43 Å². The van der Waals surface area contributed by atoms with Crippen molar-refractivity contribution in [1.82, 2.24) is 10.3 Å². The van der Waals surface area contributed by atoms with Crippen molar-refractivity contribution in [2.24, 2.45) is 5.10 Å². The Morgan fingerprint density at radius 2 is 2.64 bits per heavy atom. The minimum Gasteiger partial charge on any atom is -0.391 e. The molecule has 5 nitrogen and oxygen atoms in total. The molecule has 0 aromatic heterocycles. The van der Waals surface area contributed by atoms with Gasteiger partial charge in [0.15, 0.2) is 0 Å². The van der Waals surface area contributed by atoms with E-state index in [1.807, 2.05) is 0 Å². The Kier molecular flexibility index (Phi) is 1.32. The number of aliphatic hydroxyl groups is 1. The van der Waals surface area contributed by atoms with Crippen LogP contribution in [-0.4, -0.2) is 40.9 Å². The van der Waals surface area contributed by atoms with E-state index in [9.17, 15) is 9.90 Å². The molecule has 2 aliphatic rings. The first-order chi connectivity index (χ1) is 5.27. The maximum absolute atomic E-state index is 11.0. The summed E-state index contributed by atoms with van der Waals surface area (Å²) >= 11 is 0. The Hall–Kier alpha value is -1.10. The second kappa shape index (κ2) is 2.20. The van der Waals surface area contributed by atoms with Gasteiger partial charge in [-0.15, -0.1) is 0 Å². The van der Waals surface area contributed by atoms with Gasteiger partial charge in [0.2, 0.25) is 0 Å². The number of fused-ring (bicyclic) bond motifs is 1. The molecule has 0 aromatic rings. The molecule has 60 valence electrons. The van der Waals surface area contributed by atoms with Crippen LogP contribution in [0.1, 0.15) is 6.42 Å². The molecule has 0 spiro atoms. The predicted molar refractivity (Wildman–Crippen MR) is 37.8 cm³/mol. The topological polar surface area (TPSA) is 64.9 Å². The van der Waals surface area contributed by atoms with Crippen molar-refractivity contribution in [2.45, 2.75) is 18.6 Å². The van der Waals surface area contributed by atoms with Crippen LogP contribution in [0.4, 0.5) is 0 Å². The molecule has 2 atom stereocenters. The van der Waals surface area contributed by atoms with Crippen LogP contribution in [-0.2, 0) is 4.79 Å². The second-order valence-corrected chi connectivity index (χ2v) is 2.82. The Morgan fingerprint density at radius 1 is 1.82 bits per heavy atom. The summed E-state index contributed by atoms with van der Waals surface area (Å²) in [5, 5.41) is 12.8. The highest BCUT2D eigenvalue weighted by Crippen LogP contribution is 2.17. The smallest absolute Gasteiger partial charge is 0.262 e. The van der Waals surface area contributed by atoms with Crippen LogP contribution in [0.25, 0.3) is 0 Å². The fourth-order valence-corrected chi connectivity index (χ4v) is 1.46. The molecule has 2 aliphatic heterocycles. The van der Waals surface area contributed by atoms with E-state index in [0.29, 0.717) is 13.0 Å². The van der Waals surface area contributed by atoms with Crippen molar-refractivity contribution in [1.29, 1.82) is 0 Å². The summed E-state index contributed by atoms with van der Waals surface area (Å²) in [7, 11) is 0. The molecule has 0 aromatic carbocycles. The van der Waals surface area contributed by atoms with Crippen LogP contribution in [0.5, 0.6) is 0 Å². The molecule has 1 saturated heterocycles. The quantitative estimate of drug-likeness (QED) is 0.447. The lowest BCUT2D eigenvalue weighted by atomic mass is 10.2. The molecule has 2 rings (SSSR count). The van der Waals surface area contributed by atoms with Crippen molar-refractivity contribution in [3.63, 3.8) is 0 Å². The summed E-state index contributed by atoms with van der Waals surface area (Å²) in [6.45, 7) is 0.515. The highest BCUT2D eigenvalue weighted by Gasteiger charge is 2.36. The van der Waals surface area contributed by atoms with Crippen LogP contribution in [0, 0.1) is 0 Å². The first-order valence-electron chi connectivity index (χ1n) is 3.54. The zero-order valence-electron chi connectivity index (χ0n) is 5.90. The molecule has 1 fully saturated rings. The van der Waals surface area contributed by atoms with Gasteiger partial charge in [-0.05, 0) is 0 Å². The van der Waals surface area contributed by atoms with Gasteiger partial charge >= 0.3 is 0 Å². The summed E-state index contributed by atoms with van der Waals surface area (Å²) in [6.07, 6.45) is 1.68. The summed E-state index contributed by atoms with van der Waals surface area (Å²) in [5.41, 5.74) is 2.35. The summed E-state index contributed by atoms with van der Waals surface area (Å²) in [4.78, 5) is 12.8. The van der Waals surface area contributed by atoms with Gasteiger partial charge in [-0.3, -0.25) is 4.79 Å². The van der Waals surface area contributed by atoms with Crippen molar-refractivity contribution in [3.05, 3.63) is 0 Å². The number of nitrogens with zero attached hydrogens (tertiary/aromatic N) is 2. The van der Waals surface area contributed by atoms with Crippen molar-refractivity contribution < 1.29 is 9.90 Å². The lowest BCUT2D eigenvalue weighted by Gasteiger charge is -2.22. The normalized spacial score (nSPS) is 35.4. The van der Waals surface area contributed by atoms with Crippen molar-refractivity contribution >= 4 is 12.2 Å². The van der Waals surface area contributed by atoms with Gasteiger partial charge in [0.25, 0.3) is 5.91 Å². The summed E-state index contributed by atoms with van der Waals surface area (Å²) in [5.74, 6) is -0.121. The summed E-state index contributed by atoms with van der Waals surface area (Å²) < 4.78 is 0. The fraction of sp³-hybridized carbons (Fsp3) is 0.667. The van der Waals surface area contributed by atoms with E-state index in [4.69, 9.17) is 0 Å².